The molecule has 0 aromatic carbocycles. The molecule has 1 aliphatic carbocycles. The maximum absolute atomic E-state index is 11.6. The molecule has 0 unspecified atom stereocenters. The van der Waals surface area contributed by atoms with E-state index in [9.17, 15) is 4.79 Å². The van der Waals surface area contributed by atoms with Crippen molar-refractivity contribution < 1.29 is 4.79 Å². The summed E-state index contributed by atoms with van der Waals surface area (Å²) < 4.78 is 0. The number of nitrogens with zero attached hydrogens (tertiary/aromatic N) is 3. The van der Waals surface area contributed by atoms with Crippen molar-refractivity contribution in [1.29, 1.82) is 0 Å². The molecular formula is C14H23N5O. The first-order valence-corrected chi connectivity index (χ1v) is 7.03. The van der Waals surface area contributed by atoms with Crippen LogP contribution in [0, 0.1) is 6.92 Å². The van der Waals surface area contributed by atoms with E-state index >= 15 is 0 Å². The summed E-state index contributed by atoms with van der Waals surface area (Å²) in [5.41, 5.74) is 0.995. The van der Waals surface area contributed by atoms with E-state index in [0.717, 1.165) is 23.0 Å². The highest BCUT2D eigenvalue weighted by molar-refractivity contribution is 5.76. The lowest BCUT2D eigenvalue weighted by molar-refractivity contribution is -0.128. The fraction of sp³-hybridized carbons (Fsp3) is 0.643. The lowest BCUT2D eigenvalue weighted by Gasteiger charge is -2.14. The summed E-state index contributed by atoms with van der Waals surface area (Å²) in [6.45, 7) is 2.57. The summed E-state index contributed by atoms with van der Waals surface area (Å²) in [5, 5.41) is 6.37. The van der Waals surface area contributed by atoms with Gasteiger partial charge in [-0.25, -0.2) is 9.97 Å². The standard InChI is InChI=1S/C14H23N5O/c1-9-12(15-2)17-14(10-5-6-10)18-13(9)16-8-7-11(20)19(3)4/h10H,5-8H2,1-4H3,(H2,15,16,17,18). The number of carbonyl (C=O) groups excluding carboxylic acids is 1. The van der Waals surface area contributed by atoms with Crippen LogP contribution in [0.5, 0.6) is 0 Å². The molecule has 0 spiro atoms. The van der Waals surface area contributed by atoms with Crippen LogP contribution in [-0.4, -0.2) is 48.5 Å². The van der Waals surface area contributed by atoms with Gasteiger partial charge in [0.15, 0.2) is 0 Å². The van der Waals surface area contributed by atoms with E-state index in [1.54, 1.807) is 19.0 Å². The minimum Gasteiger partial charge on any atom is -0.373 e. The molecule has 1 aliphatic rings. The van der Waals surface area contributed by atoms with Gasteiger partial charge in [0.05, 0.1) is 0 Å². The van der Waals surface area contributed by atoms with E-state index in [0.29, 0.717) is 18.9 Å². The highest BCUT2D eigenvalue weighted by Gasteiger charge is 2.28. The Hall–Kier alpha value is -1.85. The summed E-state index contributed by atoms with van der Waals surface area (Å²) in [4.78, 5) is 22.3. The molecule has 20 heavy (non-hydrogen) atoms. The maximum atomic E-state index is 11.6. The Labute approximate surface area is 120 Å². The summed E-state index contributed by atoms with van der Waals surface area (Å²) >= 11 is 0. The van der Waals surface area contributed by atoms with Gasteiger partial charge in [0.2, 0.25) is 5.91 Å². The Morgan fingerprint density at radius 2 is 1.95 bits per heavy atom. The third-order valence-corrected chi connectivity index (χ3v) is 3.47. The number of nitrogens with one attached hydrogen (secondary N) is 2. The molecule has 6 heteroatoms. The Morgan fingerprint density at radius 3 is 2.50 bits per heavy atom. The first-order valence-electron chi connectivity index (χ1n) is 7.03. The number of rotatable bonds is 6. The van der Waals surface area contributed by atoms with Gasteiger partial charge in [0.1, 0.15) is 17.5 Å². The summed E-state index contributed by atoms with van der Waals surface area (Å²) in [6, 6.07) is 0. The third kappa shape index (κ3) is 3.37. The van der Waals surface area contributed by atoms with Crippen molar-refractivity contribution in [3.05, 3.63) is 11.4 Å². The first-order chi connectivity index (χ1) is 9.52. The number of anilines is 2. The van der Waals surface area contributed by atoms with Crippen LogP contribution in [0.3, 0.4) is 0 Å². The Balaban J connectivity index is 2.06. The van der Waals surface area contributed by atoms with E-state index in [2.05, 4.69) is 20.6 Å². The Bertz CT molecular complexity index is 497. The fourth-order valence-corrected chi connectivity index (χ4v) is 1.99. The molecule has 1 amide bonds. The monoisotopic (exact) mass is 277 g/mol. The Kier molecular flexibility index (Phi) is 4.42. The van der Waals surface area contributed by atoms with Crippen LogP contribution in [0.1, 0.15) is 36.6 Å². The lowest BCUT2D eigenvalue weighted by Crippen LogP contribution is -2.24. The molecule has 2 rings (SSSR count). The normalized spacial score (nSPS) is 14.0. The SMILES string of the molecule is CNc1nc(C2CC2)nc(NCCC(=O)N(C)C)c1C. The van der Waals surface area contributed by atoms with Gasteiger partial charge in [-0.3, -0.25) is 4.79 Å². The zero-order valence-corrected chi connectivity index (χ0v) is 12.7. The highest BCUT2D eigenvalue weighted by atomic mass is 16.2. The molecule has 6 nitrogen and oxygen atoms in total. The number of hydrogen-bond acceptors (Lipinski definition) is 5. The number of carbonyl (C=O) groups is 1. The third-order valence-electron chi connectivity index (χ3n) is 3.47. The zero-order valence-electron chi connectivity index (χ0n) is 12.7. The largest absolute Gasteiger partial charge is 0.373 e. The van der Waals surface area contributed by atoms with E-state index in [4.69, 9.17) is 0 Å². The molecule has 2 N–H and O–H groups in total. The van der Waals surface area contributed by atoms with Gasteiger partial charge in [-0.2, -0.15) is 0 Å². The van der Waals surface area contributed by atoms with Gasteiger partial charge in [0.25, 0.3) is 0 Å². The second-order valence-electron chi connectivity index (χ2n) is 5.39. The molecule has 1 saturated carbocycles. The van der Waals surface area contributed by atoms with Crippen molar-refractivity contribution in [2.24, 2.45) is 0 Å². The maximum Gasteiger partial charge on any atom is 0.223 e. The van der Waals surface area contributed by atoms with Crippen LogP contribution in [0.4, 0.5) is 11.6 Å². The second-order valence-corrected chi connectivity index (χ2v) is 5.39. The molecule has 0 saturated heterocycles. The molecule has 1 aromatic heterocycles. The van der Waals surface area contributed by atoms with Crippen LogP contribution < -0.4 is 10.6 Å². The first kappa shape index (κ1) is 14.6. The quantitative estimate of drug-likeness (QED) is 0.826. The highest BCUT2D eigenvalue weighted by Crippen LogP contribution is 2.39. The van der Waals surface area contributed by atoms with Crippen LogP contribution in [0.25, 0.3) is 0 Å². The topological polar surface area (TPSA) is 70.1 Å². The van der Waals surface area contributed by atoms with E-state index < -0.39 is 0 Å². The van der Waals surface area contributed by atoms with Crippen molar-refractivity contribution in [1.82, 2.24) is 14.9 Å². The van der Waals surface area contributed by atoms with E-state index in [-0.39, 0.29) is 5.91 Å². The van der Waals surface area contributed by atoms with Gasteiger partial charge < -0.3 is 15.5 Å². The minimum absolute atomic E-state index is 0.112. The van der Waals surface area contributed by atoms with Crippen molar-refractivity contribution in [3.63, 3.8) is 0 Å². The average molecular weight is 277 g/mol. The number of hydrogen-bond donors (Lipinski definition) is 2. The van der Waals surface area contributed by atoms with Crippen LogP contribution >= 0.6 is 0 Å². The molecule has 0 atom stereocenters. The predicted molar refractivity (Wildman–Crippen MR) is 80.1 cm³/mol. The molecular weight excluding hydrogens is 254 g/mol. The average Bonchev–Trinajstić information content (AvgIpc) is 3.24. The molecule has 1 fully saturated rings. The van der Waals surface area contributed by atoms with Gasteiger partial charge in [-0.15, -0.1) is 0 Å². The van der Waals surface area contributed by atoms with Gasteiger partial charge in [-0.1, -0.05) is 0 Å². The van der Waals surface area contributed by atoms with Crippen LogP contribution in [0.2, 0.25) is 0 Å². The summed E-state index contributed by atoms with van der Waals surface area (Å²) in [5.74, 6) is 3.22. The number of aromatic nitrogens is 2. The summed E-state index contributed by atoms with van der Waals surface area (Å²) in [7, 11) is 5.40. The van der Waals surface area contributed by atoms with E-state index in [1.807, 2.05) is 14.0 Å². The van der Waals surface area contributed by atoms with Crippen molar-refractivity contribution in [3.8, 4) is 0 Å². The predicted octanol–water partition coefficient (Wildman–Crippen LogP) is 1.59. The summed E-state index contributed by atoms with van der Waals surface area (Å²) in [6.07, 6.45) is 2.81. The molecule has 0 bridgehead atoms. The zero-order chi connectivity index (χ0) is 14.7. The smallest absolute Gasteiger partial charge is 0.223 e. The van der Waals surface area contributed by atoms with Crippen LogP contribution in [0.15, 0.2) is 0 Å². The van der Waals surface area contributed by atoms with Crippen molar-refractivity contribution >= 4 is 17.5 Å². The number of amides is 1. The second kappa shape index (κ2) is 6.07. The lowest BCUT2D eigenvalue weighted by atomic mass is 10.2. The molecule has 0 radical (unpaired) electrons. The minimum atomic E-state index is 0.112. The Morgan fingerprint density at radius 1 is 1.30 bits per heavy atom. The molecule has 110 valence electrons. The van der Waals surface area contributed by atoms with E-state index in [1.165, 1.54) is 12.8 Å². The fourth-order valence-electron chi connectivity index (χ4n) is 1.99. The van der Waals surface area contributed by atoms with Gasteiger partial charge in [-0.05, 0) is 19.8 Å². The molecule has 1 heterocycles. The molecule has 0 aliphatic heterocycles. The van der Waals surface area contributed by atoms with Gasteiger partial charge >= 0.3 is 0 Å². The van der Waals surface area contributed by atoms with Crippen molar-refractivity contribution in [2.45, 2.75) is 32.1 Å². The molecule has 1 aromatic rings. The van der Waals surface area contributed by atoms with Gasteiger partial charge in [0, 0.05) is 45.6 Å². The van der Waals surface area contributed by atoms with Crippen LogP contribution in [-0.2, 0) is 4.79 Å². The van der Waals surface area contributed by atoms with Crippen molar-refractivity contribution in [2.75, 3.05) is 38.3 Å².